The van der Waals surface area contributed by atoms with Crippen LogP contribution in [0, 0.1) is 11.3 Å². The van der Waals surface area contributed by atoms with E-state index in [0.717, 1.165) is 0 Å². The molecule has 2 atom stereocenters. The maximum atomic E-state index is 13.6. The van der Waals surface area contributed by atoms with Crippen molar-refractivity contribution in [1.29, 1.82) is 5.26 Å². The maximum absolute atomic E-state index is 13.6. The first-order valence-corrected chi connectivity index (χ1v) is 10.6. The summed E-state index contributed by atoms with van der Waals surface area (Å²) < 4.78 is 13.6. The predicted molar refractivity (Wildman–Crippen MR) is 122 cm³/mol. The van der Waals surface area contributed by atoms with Crippen molar-refractivity contribution < 1.29 is 9.18 Å². The Morgan fingerprint density at radius 3 is 2.85 bits per heavy atom. The van der Waals surface area contributed by atoms with E-state index in [0.29, 0.717) is 52.9 Å². The molecule has 0 aromatic carbocycles. The fourth-order valence-corrected chi connectivity index (χ4v) is 3.49. The average molecular weight is 446 g/mol. The third-order valence-corrected chi connectivity index (χ3v) is 5.31. The number of hydrogen-bond acceptors (Lipinski definition) is 9. The van der Waals surface area contributed by atoms with Crippen LogP contribution in [-0.2, 0) is 11.2 Å². The summed E-state index contributed by atoms with van der Waals surface area (Å²) in [7, 11) is 0. The van der Waals surface area contributed by atoms with Gasteiger partial charge in [-0.3, -0.25) is 9.78 Å². The molecule has 168 valence electrons. The van der Waals surface area contributed by atoms with Gasteiger partial charge in [-0.15, -0.1) is 0 Å². The van der Waals surface area contributed by atoms with Crippen LogP contribution < -0.4 is 16.0 Å². The molecule has 1 aliphatic rings. The van der Waals surface area contributed by atoms with Gasteiger partial charge in [-0.2, -0.15) is 5.26 Å². The molecule has 9 nitrogen and oxygen atoms in total. The van der Waals surface area contributed by atoms with Crippen molar-refractivity contribution in [2.45, 2.75) is 32.0 Å². The second-order valence-electron chi connectivity index (χ2n) is 7.90. The van der Waals surface area contributed by atoms with Gasteiger partial charge in [-0.05, 0) is 37.6 Å². The lowest BCUT2D eigenvalue weighted by molar-refractivity contribution is -0.119. The lowest BCUT2D eigenvalue weighted by atomic mass is 10.1. The molecule has 3 aromatic rings. The van der Waals surface area contributed by atoms with Gasteiger partial charge in [0.05, 0.1) is 42.1 Å². The highest BCUT2D eigenvalue weighted by Gasteiger charge is 2.25. The number of aromatic nitrogens is 4. The van der Waals surface area contributed by atoms with Crippen molar-refractivity contribution >= 4 is 23.2 Å². The molecule has 1 fully saturated rings. The zero-order chi connectivity index (χ0) is 23.4. The van der Waals surface area contributed by atoms with Crippen LogP contribution in [0.2, 0.25) is 0 Å². The molecule has 10 heteroatoms. The van der Waals surface area contributed by atoms with Gasteiger partial charge in [0.15, 0.2) is 5.78 Å². The molecule has 3 aromatic heterocycles. The summed E-state index contributed by atoms with van der Waals surface area (Å²) in [6.45, 7) is 2.43. The number of ketones is 1. The summed E-state index contributed by atoms with van der Waals surface area (Å²) >= 11 is 0. The van der Waals surface area contributed by atoms with Gasteiger partial charge >= 0.3 is 0 Å². The fraction of sp³-hybridized carbons (Fsp3) is 0.304. The Morgan fingerprint density at radius 1 is 1.33 bits per heavy atom. The molecule has 33 heavy (non-hydrogen) atoms. The molecule has 1 aliphatic heterocycles. The number of nitrogens with one attached hydrogen (secondary N) is 1. The summed E-state index contributed by atoms with van der Waals surface area (Å²) in [5.41, 5.74) is 8.49. The van der Waals surface area contributed by atoms with Crippen molar-refractivity contribution in [3.63, 3.8) is 0 Å². The molecule has 3 N–H and O–H groups in total. The molecule has 4 rings (SSSR count). The van der Waals surface area contributed by atoms with Gasteiger partial charge in [0.2, 0.25) is 5.95 Å². The van der Waals surface area contributed by atoms with E-state index in [9.17, 15) is 14.4 Å². The average Bonchev–Trinajstić information content (AvgIpc) is 3.26. The van der Waals surface area contributed by atoms with E-state index >= 15 is 0 Å². The highest BCUT2D eigenvalue weighted by Crippen LogP contribution is 2.27. The van der Waals surface area contributed by atoms with Gasteiger partial charge in [-0.25, -0.2) is 19.3 Å². The number of nitriles is 1. The number of alkyl halides is 1. The van der Waals surface area contributed by atoms with Crippen LogP contribution in [0.25, 0.3) is 11.3 Å². The number of hydrogen-bond donors (Lipinski definition) is 2. The summed E-state index contributed by atoms with van der Waals surface area (Å²) in [6, 6.07) is 8.57. The minimum atomic E-state index is -0.901. The first kappa shape index (κ1) is 22.2. The summed E-state index contributed by atoms with van der Waals surface area (Å²) in [4.78, 5) is 31.0. The maximum Gasteiger partial charge on any atom is 0.227 e. The van der Waals surface area contributed by atoms with Crippen LogP contribution in [0.15, 0.2) is 42.9 Å². The minimum Gasteiger partial charge on any atom is -0.352 e. The Hall–Kier alpha value is -3.97. The van der Waals surface area contributed by atoms with Crippen LogP contribution in [0.1, 0.15) is 24.6 Å². The molecule has 0 radical (unpaired) electrons. The normalized spacial score (nSPS) is 16.3. The van der Waals surface area contributed by atoms with E-state index in [1.54, 1.807) is 54.7 Å². The van der Waals surface area contributed by atoms with Crippen LogP contribution in [-0.4, -0.2) is 51.0 Å². The molecular weight excluding hydrogens is 423 g/mol. The number of carbonyl (C=O) groups excluding carboxylic acids is 1. The number of nitrogens with two attached hydrogens (primary N) is 1. The molecule has 0 bridgehead atoms. The molecule has 0 spiro atoms. The van der Waals surface area contributed by atoms with E-state index in [-0.39, 0.29) is 18.7 Å². The van der Waals surface area contributed by atoms with Crippen molar-refractivity contribution in [1.82, 2.24) is 19.9 Å². The second kappa shape index (κ2) is 9.67. The first-order chi connectivity index (χ1) is 15.9. The third kappa shape index (κ3) is 5.27. The predicted octanol–water partition coefficient (Wildman–Crippen LogP) is 2.56. The van der Waals surface area contributed by atoms with Crippen molar-refractivity contribution in [3.05, 3.63) is 54.1 Å². The van der Waals surface area contributed by atoms with Crippen molar-refractivity contribution in [2.24, 2.45) is 5.73 Å². The third-order valence-electron chi connectivity index (χ3n) is 5.31. The SMILES string of the molecule is CC(N)C(=O)Cc1ccc(Nc2nccc(-c3cnc(N4CC[C@H](F)C4)c(C#N)c3)n2)cn1. The Kier molecular flexibility index (Phi) is 6.51. The van der Waals surface area contributed by atoms with Crippen LogP contribution in [0.4, 0.5) is 21.8 Å². The highest BCUT2D eigenvalue weighted by molar-refractivity contribution is 5.85. The van der Waals surface area contributed by atoms with Gasteiger partial charge < -0.3 is 16.0 Å². The molecule has 0 amide bonds. The summed E-state index contributed by atoms with van der Waals surface area (Å²) in [6.07, 6.45) is 4.53. The standard InChI is InChI=1S/C23H23FN8O/c1-14(26)21(33)9-18-2-3-19(12-28-18)30-23-27-6-4-20(31-23)16-8-15(10-25)22(29-11-16)32-7-5-17(24)13-32/h2-4,6,8,11-12,14,17H,5,7,9,13,26H2,1H3,(H,27,30,31)/t14?,17-/m0/s1. The van der Waals surface area contributed by atoms with E-state index in [1.165, 1.54) is 0 Å². The lowest BCUT2D eigenvalue weighted by Crippen LogP contribution is -2.28. The van der Waals surface area contributed by atoms with Crippen LogP contribution >= 0.6 is 0 Å². The Morgan fingerprint density at radius 2 is 2.18 bits per heavy atom. The molecule has 1 unspecified atom stereocenters. The monoisotopic (exact) mass is 446 g/mol. The number of rotatable bonds is 7. The van der Waals surface area contributed by atoms with Crippen LogP contribution in [0.5, 0.6) is 0 Å². The molecular formula is C23H23FN8O. The zero-order valence-electron chi connectivity index (χ0n) is 18.1. The Labute approximate surface area is 190 Å². The second-order valence-corrected chi connectivity index (χ2v) is 7.90. The fourth-order valence-electron chi connectivity index (χ4n) is 3.49. The van der Waals surface area contributed by atoms with E-state index in [4.69, 9.17) is 5.73 Å². The summed E-state index contributed by atoms with van der Waals surface area (Å²) in [5, 5.41) is 12.7. The number of carbonyl (C=O) groups is 1. The van der Waals surface area contributed by atoms with Crippen molar-refractivity contribution in [3.8, 4) is 17.3 Å². The molecule has 1 saturated heterocycles. The minimum absolute atomic E-state index is 0.0788. The largest absolute Gasteiger partial charge is 0.352 e. The van der Waals surface area contributed by atoms with Gasteiger partial charge in [0, 0.05) is 30.2 Å². The quantitative estimate of drug-likeness (QED) is 0.561. The number of anilines is 3. The molecule has 4 heterocycles. The zero-order valence-corrected chi connectivity index (χ0v) is 18.1. The number of Topliss-reactive ketones (excluding diaryl/α,β-unsaturated/α-hetero) is 1. The Bertz CT molecular complexity index is 1190. The number of pyridine rings is 2. The summed E-state index contributed by atoms with van der Waals surface area (Å²) in [5.74, 6) is 0.753. The van der Waals surface area contributed by atoms with Gasteiger partial charge in [-0.1, -0.05) is 0 Å². The highest BCUT2D eigenvalue weighted by atomic mass is 19.1. The van der Waals surface area contributed by atoms with Crippen molar-refractivity contribution in [2.75, 3.05) is 23.3 Å². The van der Waals surface area contributed by atoms with E-state index < -0.39 is 12.2 Å². The van der Waals surface area contributed by atoms with Crippen LogP contribution in [0.3, 0.4) is 0 Å². The smallest absolute Gasteiger partial charge is 0.227 e. The van der Waals surface area contributed by atoms with E-state index in [2.05, 4.69) is 31.3 Å². The topological polar surface area (TPSA) is 134 Å². The first-order valence-electron chi connectivity index (χ1n) is 10.6. The molecule has 0 aliphatic carbocycles. The van der Waals surface area contributed by atoms with E-state index in [1.807, 2.05) is 0 Å². The molecule has 0 saturated carbocycles. The van der Waals surface area contributed by atoms with Gasteiger partial charge in [0.25, 0.3) is 0 Å². The lowest BCUT2D eigenvalue weighted by Gasteiger charge is -2.18. The number of nitrogens with zero attached hydrogens (tertiary/aromatic N) is 6. The Balaban J connectivity index is 1.50. The van der Waals surface area contributed by atoms with Gasteiger partial charge in [0.1, 0.15) is 18.1 Å². The number of halogens is 1.